The minimum atomic E-state index is -0.938. The van der Waals surface area contributed by atoms with Gasteiger partial charge in [-0.3, -0.25) is 23.9 Å². The van der Waals surface area contributed by atoms with E-state index in [1.165, 1.54) is 57.6 Å². The molecule has 4 heterocycles. The normalized spacial score (nSPS) is 17.1. The molecule has 2 aliphatic rings. The molecule has 0 saturated carbocycles. The summed E-state index contributed by atoms with van der Waals surface area (Å²) in [5.41, 5.74) is -1.59. The molecule has 1 saturated heterocycles. The highest BCUT2D eigenvalue weighted by Gasteiger charge is 2.31. The fourth-order valence-electron chi connectivity index (χ4n) is 5.48. The first-order valence-corrected chi connectivity index (χ1v) is 14.3. The Labute approximate surface area is 260 Å². The first kappa shape index (κ1) is 30.4. The third-order valence-corrected chi connectivity index (χ3v) is 7.89. The van der Waals surface area contributed by atoms with Crippen LogP contribution >= 0.6 is 0 Å². The van der Waals surface area contributed by atoms with Crippen molar-refractivity contribution in [2.45, 2.75) is 24.9 Å². The van der Waals surface area contributed by atoms with Crippen molar-refractivity contribution < 1.29 is 27.8 Å². The number of nitrogens with one attached hydrogen (secondary N) is 2. The zero-order valence-corrected chi connectivity index (χ0v) is 25.0. The number of aromatic nitrogens is 3. The van der Waals surface area contributed by atoms with Crippen LogP contribution in [0.15, 0.2) is 63.2 Å². The van der Waals surface area contributed by atoms with Crippen molar-refractivity contribution in [1.82, 2.24) is 19.4 Å². The van der Waals surface area contributed by atoms with E-state index in [9.17, 15) is 19.2 Å². The molecule has 2 aromatic heterocycles. The van der Waals surface area contributed by atoms with E-state index in [1.54, 1.807) is 12.3 Å². The van der Waals surface area contributed by atoms with Gasteiger partial charge in [0.1, 0.15) is 29.8 Å². The van der Waals surface area contributed by atoms with Crippen LogP contribution in [0.3, 0.4) is 0 Å². The van der Waals surface area contributed by atoms with Gasteiger partial charge in [-0.05, 0) is 18.6 Å². The summed E-state index contributed by atoms with van der Waals surface area (Å²) in [5.74, 6) is -2.09. The molecule has 236 valence electrons. The number of amides is 2. The average Bonchev–Trinajstić information content (AvgIpc) is 3.66. The molecule has 0 radical (unpaired) electrons. The fraction of sp³-hybridized carbons (Fsp3) is 0.250. The van der Waals surface area contributed by atoms with Crippen LogP contribution in [-0.4, -0.2) is 51.9 Å². The molecule has 46 heavy (non-hydrogen) atoms. The molecule has 6 rings (SSSR count). The Balaban J connectivity index is 1.31. The summed E-state index contributed by atoms with van der Waals surface area (Å²) in [7, 11) is 4.02. The number of methoxy groups -OCH3 is 1. The molecule has 12 nitrogen and oxygen atoms in total. The van der Waals surface area contributed by atoms with E-state index in [4.69, 9.17) is 9.47 Å². The minimum absolute atomic E-state index is 0.0302. The number of hydrogen-bond acceptors (Lipinski definition) is 8. The Morgan fingerprint density at radius 3 is 2.54 bits per heavy atom. The van der Waals surface area contributed by atoms with Crippen LogP contribution in [0.5, 0.6) is 11.6 Å². The number of carbonyl (C=O) groups excluding carboxylic acids is 2. The van der Waals surface area contributed by atoms with E-state index in [2.05, 4.69) is 20.6 Å². The maximum Gasteiger partial charge on any atom is 0.330 e. The van der Waals surface area contributed by atoms with E-state index in [-0.39, 0.29) is 58.1 Å². The molecule has 1 fully saturated rings. The lowest BCUT2D eigenvalue weighted by atomic mass is 9.98. The van der Waals surface area contributed by atoms with E-state index in [1.807, 2.05) is 0 Å². The Kier molecular flexibility index (Phi) is 7.94. The highest BCUT2D eigenvalue weighted by molar-refractivity contribution is 6.04. The minimum Gasteiger partial charge on any atom is -0.490 e. The number of aliphatic imine (C=N–C) groups is 1. The molecule has 2 aliphatic heterocycles. The number of fused-ring (bicyclic) bond motifs is 1. The monoisotopic (exact) mass is 630 g/mol. The molecule has 2 amide bonds. The van der Waals surface area contributed by atoms with Gasteiger partial charge in [-0.25, -0.2) is 18.6 Å². The van der Waals surface area contributed by atoms with Crippen LogP contribution in [0.4, 0.5) is 14.5 Å². The van der Waals surface area contributed by atoms with Crippen LogP contribution in [-0.2, 0) is 18.9 Å². The predicted molar refractivity (Wildman–Crippen MR) is 164 cm³/mol. The van der Waals surface area contributed by atoms with Crippen molar-refractivity contribution in [3.8, 4) is 34.0 Å². The van der Waals surface area contributed by atoms with Crippen molar-refractivity contribution in [2.75, 3.05) is 19.0 Å². The molecular weight excluding hydrogens is 602 g/mol. The van der Waals surface area contributed by atoms with Crippen LogP contribution < -0.4 is 31.4 Å². The zero-order valence-electron chi connectivity index (χ0n) is 25.0. The summed E-state index contributed by atoms with van der Waals surface area (Å²) in [5, 5.41) is 5.18. The Hall–Kier alpha value is -5.66. The molecule has 2 N–H and O–H groups in total. The number of hydrogen-bond donors (Lipinski definition) is 2. The summed E-state index contributed by atoms with van der Waals surface area (Å²) in [4.78, 5) is 58.0. The van der Waals surface area contributed by atoms with Crippen LogP contribution in [0.2, 0.25) is 0 Å². The quantitative estimate of drug-likeness (QED) is 0.299. The van der Waals surface area contributed by atoms with Gasteiger partial charge in [-0.2, -0.15) is 0 Å². The second-order valence-electron chi connectivity index (χ2n) is 10.9. The van der Waals surface area contributed by atoms with Gasteiger partial charge in [0.2, 0.25) is 11.8 Å². The van der Waals surface area contributed by atoms with Crippen LogP contribution in [0.25, 0.3) is 22.4 Å². The number of anilines is 1. The molecule has 4 aromatic rings. The first-order valence-electron chi connectivity index (χ1n) is 14.3. The number of nitrogens with zero attached hydrogens (tertiary/aromatic N) is 4. The van der Waals surface area contributed by atoms with Gasteiger partial charge in [0.25, 0.3) is 11.5 Å². The van der Waals surface area contributed by atoms with Gasteiger partial charge in [-0.15, -0.1) is 0 Å². The third kappa shape index (κ3) is 5.42. The number of ether oxygens (including phenoxy) is 2. The fourth-order valence-corrected chi connectivity index (χ4v) is 5.48. The van der Waals surface area contributed by atoms with Gasteiger partial charge in [0.05, 0.1) is 30.1 Å². The SMILES string of the molecule is COc1nc(-c2cccc(-c3cccc(NC(=O)c4cn(C)c(=O)n(C)c4=O)c3F)c2F)cc2c1[C@@H](/N=C/[C@@H]1CCC(=O)N1)CO2. The molecule has 2 atom stereocenters. The molecule has 14 heteroatoms. The lowest BCUT2D eigenvalue weighted by Crippen LogP contribution is -2.40. The van der Waals surface area contributed by atoms with Crippen molar-refractivity contribution in [3.63, 3.8) is 0 Å². The summed E-state index contributed by atoms with van der Waals surface area (Å²) < 4.78 is 45.2. The third-order valence-electron chi connectivity index (χ3n) is 7.89. The van der Waals surface area contributed by atoms with Crippen molar-refractivity contribution in [3.05, 3.63) is 92.3 Å². The summed E-state index contributed by atoms with van der Waals surface area (Å²) in [6.45, 7) is 0.200. The summed E-state index contributed by atoms with van der Waals surface area (Å²) in [6.07, 6.45) is 3.83. The lowest BCUT2D eigenvalue weighted by Gasteiger charge is -2.14. The van der Waals surface area contributed by atoms with E-state index in [0.717, 1.165) is 15.3 Å². The van der Waals surface area contributed by atoms with E-state index in [0.29, 0.717) is 24.2 Å². The lowest BCUT2D eigenvalue weighted by molar-refractivity contribution is -0.119. The number of halogens is 2. The molecule has 0 unspecified atom stereocenters. The smallest absolute Gasteiger partial charge is 0.330 e. The number of aryl methyl sites for hydroxylation is 1. The van der Waals surface area contributed by atoms with Gasteiger partial charge in [-0.1, -0.05) is 24.3 Å². The van der Waals surface area contributed by atoms with Gasteiger partial charge < -0.3 is 24.7 Å². The number of rotatable bonds is 7. The highest BCUT2D eigenvalue weighted by Crippen LogP contribution is 2.43. The van der Waals surface area contributed by atoms with Gasteiger partial charge >= 0.3 is 5.69 Å². The summed E-state index contributed by atoms with van der Waals surface area (Å²) in [6, 6.07) is 9.43. The first-order chi connectivity index (χ1) is 22.1. The average molecular weight is 631 g/mol. The largest absolute Gasteiger partial charge is 0.490 e. The Bertz CT molecular complexity index is 2060. The van der Waals surface area contributed by atoms with Gasteiger partial charge in [0.15, 0.2) is 5.82 Å². The Morgan fingerprint density at radius 1 is 1.11 bits per heavy atom. The maximum atomic E-state index is 16.1. The molecule has 0 spiro atoms. The molecular formula is C32H28F2N6O6. The maximum absolute atomic E-state index is 16.1. The number of pyridine rings is 1. The van der Waals surface area contributed by atoms with Crippen LogP contribution in [0, 0.1) is 11.6 Å². The van der Waals surface area contributed by atoms with Crippen molar-refractivity contribution >= 4 is 23.7 Å². The van der Waals surface area contributed by atoms with E-state index >= 15 is 8.78 Å². The van der Waals surface area contributed by atoms with Crippen molar-refractivity contribution in [1.29, 1.82) is 0 Å². The van der Waals surface area contributed by atoms with E-state index < -0.39 is 34.8 Å². The second-order valence-corrected chi connectivity index (χ2v) is 10.9. The number of benzene rings is 2. The zero-order chi connectivity index (χ0) is 32.7. The topological polar surface area (TPSA) is 146 Å². The van der Waals surface area contributed by atoms with Crippen LogP contribution in [0.1, 0.15) is 34.8 Å². The number of carbonyl (C=O) groups is 2. The molecule has 2 aromatic carbocycles. The second kappa shape index (κ2) is 12.0. The Morgan fingerprint density at radius 2 is 1.83 bits per heavy atom. The van der Waals surface area contributed by atoms with Crippen molar-refractivity contribution in [2.24, 2.45) is 19.1 Å². The molecule has 0 bridgehead atoms. The predicted octanol–water partition coefficient (Wildman–Crippen LogP) is 3.14. The van der Waals surface area contributed by atoms with Gasteiger partial charge in [0, 0.05) is 55.7 Å². The molecule has 0 aliphatic carbocycles. The standard InChI is InChI=1S/C32H28F2N6O6/c1-39-14-20(31(43)40(2)32(39)44)29(42)37-21-9-5-7-18(28(21)34)17-6-4-8-19(27(17)33)22-12-24-26(30(38-22)45-3)23(15-46-24)35-13-16-10-11-25(41)36-16/h4-9,12-14,16,23H,10-11,15H2,1-3H3,(H,36,41)(H,37,42)/b35-13+/t16-,23-/m0/s1. The summed E-state index contributed by atoms with van der Waals surface area (Å²) >= 11 is 0. The highest BCUT2D eigenvalue weighted by atomic mass is 19.1.